The number of amides is 2. The van der Waals surface area contributed by atoms with Crippen molar-refractivity contribution in [1.29, 1.82) is 0 Å². The maximum absolute atomic E-state index is 12.2. The first kappa shape index (κ1) is 17.4. The minimum absolute atomic E-state index is 0.0605. The Morgan fingerprint density at radius 2 is 1.96 bits per heavy atom. The quantitative estimate of drug-likeness (QED) is 0.883. The molecule has 0 spiro atoms. The number of carbonyl (C=O) groups is 2. The summed E-state index contributed by atoms with van der Waals surface area (Å²) in [6.45, 7) is 3.58. The molecule has 2 aromatic rings. The molecule has 2 aromatic heterocycles. The normalized spacial score (nSPS) is 10.3. The molecule has 0 radical (unpaired) electrons. The predicted molar refractivity (Wildman–Crippen MR) is 91.1 cm³/mol. The van der Waals surface area contributed by atoms with Gasteiger partial charge in [0.15, 0.2) is 0 Å². The minimum atomic E-state index is -0.366. The largest absolute Gasteiger partial charge is 0.345 e. The van der Waals surface area contributed by atoms with Gasteiger partial charge in [-0.3, -0.25) is 14.4 Å². The highest BCUT2D eigenvalue weighted by Crippen LogP contribution is 2.10. The number of H-pyrrole nitrogens is 1. The number of hydrogen-bond donors (Lipinski definition) is 2. The summed E-state index contributed by atoms with van der Waals surface area (Å²) in [5.74, 6) is -0.276. The van der Waals surface area contributed by atoms with Crippen molar-refractivity contribution < 1.29 is 9.59 Å². The van der Waals surface area contributed by atoms with Crippen molar-refractivity contribution >= 4 is 17.6 Å². The molecule has 7 nitrogen and oxygen atoms in total. The first-order chi connectivity index (χ1) is 11.3. The van der Waals surface area contributed by atoms with E-state index < -0.39 is 0 Å². The lowest BCUT2D eigenvalue weighted by Crippen LogP contribution is -2.24. The smallest absolute Gasteiger partial charge is 0.253 e. The molecule has 2 rings (SSSR count). The molecule has 126 valence electrons. The third-order valence-electron chi connectivity index (χ3n) is 3.51. The average Bonchev–Trinajstić information content (AvgIpc) is 2.50. The number of hydrogen-bond acceptors (Lipinski definition) is 4. The summed E-state index contributed by atoms with van der Waals surface area (Å²) in [5, 5.41) is 2.62. The number of rotatable bonds is 4. The standard InChI is InChI=1S/C17H20N4O3/c1-10-7-11(2)19-16(23)13(10)9-15(22)20-14-8-12(5-6-18-14)17(24)21(3)4/h5-8H,9H2,1-4H3,(H,19,23)(H,18,20,22). The van der Waals surface area contributed by atoms with E-state index in [0.29, 0.717) is 11.1 Å². The van der Waals surface area contributed by atoms with Gasteiger partial charge in [-0.2, -0.15) is 0 Å². The molecule has 0 bridgehead atoms. The van der Waals surface area contributed by atoms with Gasteiger partial charge >= 0.3 is 0 Å². The average molecular weight is 328 g/mol. The summed E-state index contributed by atoms with van der Waals surface area (Å²) in [6, 6.07) is 4.90. The number of anilines is 1. The van der Waals surface area contributed by atoms with Crippen molar-refractivity contribution in [2.45, 2.75) is 20.3 Å². The van der Waals surface area contributed by atoms with Crippen LogP contribution in [0.4, 0.5) is 5.82 Å². The van der Waals surface area contributed by atoms with E-state index in [1.807, 2.05) is 6.07 Å². The predicted octanol–water partition coefficient (Wildman–Crippen LogP) is 1.27. The van der Waals surface area contributed by atoms with E-state index in [4.69, 9.17) is 0 Å². The van der Waals surface area contributed by atoms with Crippen molar-refractivity contribution in [3.05, 3.63) is 57.1 Å². The number of pyridine rings is 2. The zero-order chi connectivity index (χ0) is 17.9. The number of aromatic amines is 1. The number of nitrogens with one attached hydrogen (secondary N) is 2. The lowest BCUT2D eigenvalue weighted by molar-refractivity contribution is -0.115. The van der Waals surface area contributed by atoms with Crippen LogP contribution < -0.4 is 10.9 Å². The summed E-state index contributed by atoms with van der Waals surface area (Å²) in [6.07, 6.45) is 1.39. The van der Waals surface area contributed by atoms with Gasteiger partial charge in [0.25, 0.3) is 11.5 Å². The molecule has 2 N–H and O–H groups in total. The molecule has 0 aliphatic heterocycles. The van der Waals surface area contributed by atoms with Gasteiger partial charge in [-0.1, -0.05) is 0 Å². The van der Waals surface area contributed by atoms with Gasteiger partial charge in [0.2, 0.25) is 5.91 Å². The lowest BCUT2D eigenvalue weighted by Gasteiger charge is -2.11. The Kier molecular flexibility index (Phi) is 5.13. The van der Waals surface area contributed by atoms with Gasteiger partial charge in [0.05, 0.1) is 6.42 Å². The van der Waals surface area contributed by atoms with E-state index in [2.05, 4.69) is 15.3 Å². The third-order valence-corrected chi connectivity index (χ3v) is 3.51. The Bertz CT molecular complexity index is 840. The van der Waals surface area contributed by atoms with Crippen LogP contribution in [0.1, 0.15) is 27.2 Å². The van der Waals surface area contributed by atoms with Crippen molar-refractivity contribution in [2.24, 2.45) is 0 Å². The van der Waals surface area contributed by atoms with Gasteiger partial charge in [0.1, 0.15) is 5.82 Å². The van der Waals surface area contributed by atoms with E-state index in [9.17, 15) is 14.4 Å². The highest BCUT2D eigenvalue weighted by molar-refractivity contribution is 5.96. The van der Waals surface area contributed by atoms with E-state index in [-0.39, 0.29) is 29.6 Å². The Labute approximate surface area is 139 Å². The molecule has 0 saturated heterocycles. The number of aryl methyl sites for hydroxylation is 2. The van der Waals surface area contributed by atoms with Crippen LogP contribution in [0.15, 0.2) is 29.2 Å². The van der Waals surface area contributed by atoms with Crippen LogP contribution in [-0.4, -0.2) is 40.8 Å². The maximum Gasteiger partial charge on any atom is 0.253 e. The van der Waals surface area contributed by atoms with Gasteiger partial charge < -0.3 is 15.2 Å². The summed E-state index contributed by atoms with van der Waals surface area (Å²) >= 11 is 0. The highest BCUT2D eigenvalue weighted by atomic mass is 16.2. The van der Waals surface area contributed by atoms with Gasteiger partial charge in [-0.05, 0) is 37.6 Å². The zero-order valence-electron chi connectivity index (χ0n) is 14.1. The molecule has 0 fully saturated rings. The monoisotopic (exact) mass is 328 g/mol. The van der Waals surface area contributed by atoms with Crippen molar-refractivity contribution in [1.82, 2.24) is 14.9 Å². The summed E-state index contributed by atoms with van der Waals surface area (Å²) in [5.41, 5.74) is 2.08. The fraction of sp³-hybridized carbons (Fsp3) is 0.294. The topological polar surface area (TPSA) is 95.2 Å². The fourth-order valence-corrected chi connectivity index (χ4v) is 2.34. The maximum atomic E-state index is 12.2. The molecule has 0 atom stereocenters. The van der Waals surface area contributed by atoms with Gasteiger partial charge in [0, 0.05) is 37.1 Å². The van der Waals surface area contributed by atoms with E-state index >= 15 is 0 Å². The van der Waals surface area contributed by atoms with Crippen LogP contribution in [-0.2, 0) is 11.2 Å². The summed E-state index contributed by atoms with van der Waals surface area (Å²) in [4.78, 5) is 44.2. The molecule has 0 saturated carbocycles. The fourth-order valence-electron chi connectivity index (χ4n) is 2.34. The SMILES string of the molecule is Cc1cc(C)c(CC(=O)Nc2cc(C(=O)N(C)C)ccn2)c(=O)[nH]1. The van der Waals surface area contributed by atoms with Gasteiger partial charge in [-0.15, -0.1) is 0 Å². The second kappa shape index (κ2) is 7.08. The van der Waals surface area contributed by atoms with Crippen molar-refractivity contribution in [3.63, 3.8) is 0 Å². The van der Waals surface area contributed by atoms with Crippen LogP contribution in [0.3, 0.4) is 0 Å². The summed E-state index contributed by atoms with van der Waals surface area (Å²) < 4.78 is 0. The Morgan fingerprint density at radius 3 is 2.58 bits per heavy atom. The number of nitrogens with zero attached hydrogens (tertiary/aromatic N) is 2. The zero-order valence-corrected chi connectivity index (χ0v) is 14.1. The Balaban J connectivity index is 2.15. The van der Waals surface area contributed by atoms with Crippen LogP contribution in [0.25, 0.3) is 0 Å². The minimum Gasteiger partial charge on any atom is -0.345 e. The molecule has 0 aromatic carbocycles. The Hall–Kier alpha value is -2.96. The van der Waals surface area contributed by atoms with Crippen LogP contribution >= 0.6 is 0 Å². The third kappa shape index (κ3) is 4.07. The first-order valence-electron chi connectivity index (χ1n) is 7.45. The van der Waals surface area contributed by atoms with E-state index in [1.165, 1.54) is 17.2 Å². The number of aromatic nitrogens is 2. The summed E-state index contributed by atoms with van der Waals surface area (Å²) in [7, 11) is 3.29. The van der Waals surface area contributed by atoms with E-state index in [0.717, 1.165) is 11.3 Å². The van der Waals surface area contributed by atoms with Crippen LogP contribution in [0, 0.1) is 13.8 Å². The molecule has 0 aliphatic carbocycles. The van der Waals surface area contributed by atoms with Crippen molar-refractivity contribution in [3.8, 4) is 0 Å². The molecular weight excluding hydrogens is 308 g/mol. The molecule has 24 heavy (non-hydrogen) atoms. The molecule has 2 heterocycles. The molecule has 7 heteroatoms. The van der Waals surface area contributed by atoms with Crippen LogP contribution in [0.2, 0.25) is 0 Å². The Morgan fingerprint density at radius 1 is 1.25 bits per heavy atom. The molecule has 0 unspecified atom stereocenters. The molecule has 2 amide bonds. The lowest BCUT2D eigenvalue weighted by atomic mass is 10.1. The van der Waals surface area contributed by atoms with Crippen molar-refractivity contribution in [2.75, 3.05) is 19.4 Å². The first-order valence-corrected chi connectivity index (χ1v) is 7.45. The second-order valence-corrected chi connectivity index (χ2v) is 5.80. The highest BCUT2D eigenvalue weighted by Gasteiger charge is 2.13. The second-order valence-electron chi connectivity index (χ2n) is 5.80. The number of carbonyl (C=O) groups excluding carboxylic acids is 2. The van der Waals surface area contributed by atoms with Gasteiger partial charge in [-0.25, -0.2) is 4.98 Å². The van der Waals surface area contributed by atoms with Crippen LogP contribution in [0.5, 0.6) is 0 Å². The molecular formula is C17H20N4O3. The molecule has 0 aliphatic rings. The van der Waals surface area contributed by atoms with E-state index in [1.54, 1.807) is 34.0 Å².